The van der Waals surface area contributed by atoms with E-state index >= 15 is 0 Å². The molecule has 4 aromatic rings. The molecule has 1 fully saturated rings. The molecule has 1 saturated carbocycles. The fourth-order valence-corrected chi connectivity index (χ4v) is 8.17. The lowest BCUT2D eigenvalue weighted by Gasteiger charge is -2.35. The minimum Gasteiger partial charge on any atom is -0.456 e. The molecular formula is C29H27O2S+. The van der Waals surface area contributed by atoms with E-state index in [0.29, 0.717) is 23.3 Å². The van der Waals surface area contributed by atoms with E-state index < -0.39 is 5.60 Å². The van der Waals surface area contributed by atoms with Gasteiger partial charge in [0.05, 0.1) is 5.56 Å². The highest BCUT2D eigenvalue weighted by Crippen LogP contribution is 2.50. The zero-order valence-electron chi connectivity index (χ0n) is 18.5. The monoisotopic (exact) mass is 439 g/mol. The van der Waals surface area contributed by atoms with E-state index in [0.717, 1.165) is 6.42 Å². The number of hydrogen-bond donors (Lipinski definition) is 0. The van der Waals surface area contributed by atoms with Gasteiger partial charge >= 0.3 is 5.97 Å². The lowest BCUT2D eigenvalue weighted by molar-refractivity contribution is -0.0360. The standard InChI is InChI=1S/C29H27O2S/c1-29(2,25-18-19-11-12-21(25)17-19)31-28(30)20-13-15-22(16-14-20)32-26-9-5-3-7-23(26)24-8-4-6-10-27(24)32/h3-16,19,21,25H,17-18H2,1-2H3/q+1. The fourth-order valence-electron chi connectivity index (χ4n) is 5.79. The quantitative estimate of drug-likeness (QED) is 0.184. The average molecular weight is 440 g/mol. The van der Waals surface area contributed by atoms with Gasteiger partial charge in [-0.1, -0.05) is 36.4 Å². The molecule has 3 aromatic carbocycles. The number of esters is 1. The number of thiophene rings is 1. The van der Waals surface area contributed by atoms with Crippen LogP contribution in [0.4, 0.5) is 0 Å². The van der Waals surface area contributed by atoms with Crippen molar-refractivity contribution >= 4 is 36.6 Å². The number of carbonyl (C=O) groups excluding carboxylic acids is 1. The summed E-state index contributed by atoms with van der Waals surface area (Å²) in [5.74, 6) is 1.41. The second-order valence-corrected chi connectivity index (χ2v) is 11.7. The molecule has 2 bridgehead atoms. The summed E-state index contributed by atoms with van der Waals surface area (Å²) in [6, 6.07) is 25.4. The molecule has 0 amide bonds. The first kappa shape index (κ1) is 19.8. The van der Waals surface area contributed by atoms with Gasteiger partial charge in [-0.05, 0) is 87.1 Å². The molecule has 3 atom stereocenters. The van der Waals surface area contributed by atoms with Gasteiger partial charge in [-0.15, -0.1) is 0 Å². The summed E-state index contributed by atoms with van der Waals surface area (Å²) in [7, 11) is -0.144. The van der Waals surface area contributed by atoms with Crippen LogP contribution in [0.25, 0.3) is 25.1 Å². The Hall–Kier alpha value is -2.91. The molecule has 3 unspecified atom stereocenters. The van der Waals surface area contributed by atoms with Gasteiger partial charge in [0, 0.05) is 27.2 Å². The SMILES string of the molecule is CC(C)(OC(=O)c1ccc(-[s+]2c3ccccc3c3ccccc32)cc1)C1CC2C=CC1C2. The summed E-state index contributed by atoms with van der Waals surface area (Å²) in [5, 5.41) is 2.63. The Morgan fingerprint density at radius 3 is 2.03 bits per heavy atom. The summed E-state index contributed by atoms with van der Waals surface area (Å²) in [6.07, 6.45) is 6.99. The molecule has 32 heavy (non-hydrogen) atoms. The van der Waals surface area contributed by atoms with E-state index in [1.54, 1.807) is 0 Å². The summed E-state index contributed by atoms with van der Waals surface area (Å²) < 4.78 is 8.78. The maximum absolute atomic E-state index is 13.0. The van der Waals surface area contributed by atoms with Gasteiger partial charge in [-0.3, -0.25) is 0 Å². The molecule has 0 N–H and O–H groups in total. The number of benzene rings is 3. The minimum absolute atomic E-state index is 0.144. The van der Waals surface area contributed by atoms with Crippen molar-refractivity contribution in [2.24, 2.45) is 17.8 Å². The minimum atomic E-state index is -0.453. The van der Waals surface area contributed by atoms with Gasteiger partial charge in [-0.25, -0.2) is 4.79 Å². The van der Waals surface area contributed by atoms with E-state index in [2.05, 4.69) is 86.7 Å². The summed E-state index contributed by atoms with van der Waals surface area (Å²) in [6.45, 7) is 4.15. The van der Waals surface area contributed by atoms with Crippen LogP contribution in [0.1, 0.15) is 37.0 Å². The predicted octanol–water partition coefficient (Wildman–Crippen LogP) is 7.88. The van der Waals surface area contributed by atoms with Crippen molar-refractivity contribution < 1.29 is 9.53 Å². The molecule has 0 aliphatic heterocycles. The van der Waals surface area contributed by atoms with Crippen LogP contribution in [0, 0.1) is 17.8 Å². The first-order valence-electron chi connectivity index (χ1n) is 11.5. The van der Waals surface area contributed by atoms with Crippen LogP contribution >= 0.6 is 10.5 Å². The average Bonchev–Trinajstić information content (AvgIpc) is 3.52. The number of ether oxygens (including phenoxy) is 1. The molecule has 0 radical (unpaired) electrons. The molecule has 2 nitrogen and oxygen atoms in total. The highest BCUT2D eigenvalue weighted by molar-refractivity contribution is 7.50. The van der Waals surface area contributed by atoms with Crippen LogP contribution in [-0.2, 0) is 4.74 Å². The van der Waals surface area contributed by atoms with Gasteiger partial charge in [0.1, 0.15) is 5.60 Å². The zero-order chi connectivity index (χ0) is 21.9. The third-order valence-electron chi connectivity index (χ3n) is 7.36. The first-order chi connectivity index (χ1) is 15.5. The van der Waals surface area contributed by atoms with Gasteiger partial charge in [0.2, 0.25) is 0 Å². The van der Waals surface area contributed by atoms with Crippen LogP contribution in [0.5, 0.6) is 0 Å². The summed E-state index contributed by atoms with van der Waals surface area (Å²) in [5.41, 5.74) is 0.176. The summed E-state index contributed by atoms with van der Waals surface area (Å²) in [4.78, 5) is 14.2. The highest BCUT2D eigenvalue weighted by atomic mass is 32.2. The Morgan fingerprint density at radius 2 is 1.47 bits per heavy atom. The number of carbonyl (C=O) groups is 1. The van der Waals surface area contributed by atoms with E-state index in [9.17, 15) is 4.79 Å². The molecule has 0 spiro atoms. The normalized spacial score (nSPS) is 22.1. The molecule has 3 heteroatoms. The van der Waals surface area contributed by atoms with Gasteiger partial charge < -0.3 is 4.74 Å². The Balaban J connectivity index is 1.30. The molecule has 0 saturated heterocycles. The van der Waals surface area contributed by atoms with E-state index in [-0.39, 0.29) is 16.4 Å². The Bertz CT molecular complexity index is 1310. The molecule has 6 rings (SSSR count). The molecular weight excluding hydrogens is 412 g/mol. The molecule has 1 heterocycles. The van der Waals surface area contributed by atoms with E-state index in [4.69, 9.17) is 4.74 Å². The highest BCUT2D eigenvalue weighted by Gasteiger charge is 2.46. The van der Waals surface area contributed by atoms with Crippen LogP contribution in [0.3, 0.4) is 0 Å². The van der Waals surface area contributed by atoms with Crippen molar-refractivity contribution in [1.29, 1.82) is 0 Å². The summed E-state index contributed by atoms with van der Waals surface area (Å²) >= 11 is 0. The Morgan fingerprint density at radius 1 is 0.844 bits per heavy atom. The van der Waals surface area contributed by atoms with Crippen molar-refractivity contribution in [2.45, 2.75) is 32.3 Å². The van der Waals surface area contributed by atoms with Crippen molar-refractivity contribution in [2.75, 3.05) is 0 Å². The van der Waals surface area contributed by atoms with Crippen molar-refractivity contribution in [1.82, 2.24) is 0 Å². The van der Waals surface area contributed by atoms with Crippen molar-refractivity contribution in [3.63, 3.8) is 0 Å². The maximum atomic E-state index is 13.0. The van der Waals surface area contributed by atoms with Crippen LogP contribution in [0.2, 0.25) is 0 Å². The number of hydrogen-bond acceptors (Lipinski definition) is 2. The second-order valence-electron chi connectivity index (χ2n) is 9.70. The lowest BCUT2D eigenvalue weighted by Crippen LogP contribution is -2.38. The van der Waals surface area contributed by atoms with Gasteiger partial charge in [0.25, 0.3) is 0 Å². The molecule has 160 valence electrons. The number of rotatable bonds is 4. The zero-order valence-corrected chi connectivity index (χ0v) is 19.3. The third-order valence-corrected chi connectivity index (χ3v) is 9.69. The van der Waals surface area contributed by atoms with E-state index in [1.165, 1.54) is 31.5 Å². The smallest absolute Gasteiger partial charge is 0.338 e. The third kappa shape index (κ3) is 3.10. The van der Waals surface area contributed by atoms with Crippen molar-refractivity contribution in [3.05, 3.63) is 90.5 Å². The Labute approximate surface area is 191 Å². The fraction of sp³-hybridized carbons (Fsp3) is 0.276. The molecule has 1 aromatic heterocycles. The lowest BCUT2D eigenvalue weighted by atomic mass is 9.80. The largest absolute Gasteiger partial charge is 0.456 e. The topological polar surface area (TPSA) is 26.3 Å². The van der Waals surface area contributed by atoms with Crippen LogP contribution < -0.4 is 0 Å². The van der Waals surface area contributed by atoms with Crippen LogP contribution in [-0.4, -0.2) is 11.6 Å². The first-order valence-corrected chi connectivity index (χ1v) is 12.7. The van der Waals surface area contributed by atoms with Crippen molar-refractivity contribution in [3.8, 4) is 4.90 Å². The molecule has 2 aliphatic carbocycles. The second kappa shape index (κ2) is 7.31. The number of allylic oxidation sites excluding steroid dienone is 2. The van der Waals surface area contributed by atoms with E-state index in [1.807, 2.05) is 12.1 Å². The Kier molecular flexibility index (Phi) is 4.51. The number of fused-ring (bicyclic) bond motifs is 5. The predicted molar refractivity (Wildman–Crippen MR) is 134 cm³/mol. The van der Waals surface area contributed by atoms with Gasteiger partial charge in [-0.2, -0.15) is 0 Å². The van der Waals surface area contributed by atoms with Gasteiger partial charge in [0.15, 0.2) is 14.3 Å². The van der Waals surface area contributed by atoms with Crippen LogP contribution in [0.15, 0.2) is 84.9 Å². The molecule has 2 aliphatic rings. The maximum Gasteiger partial charge on any atom is 0.338 e.